The molecule has 2 aromatic carbocycles. The average Bonchev–Trinajstić information content (AvgIpc) is 2.38. The molecule has 2 heteroatoms. The van der Waals surface area contributed by atoms with E-state index < -0.39 is 0 Å². The second-order valence-corrected chi connectivity index (χ2v) is 4.31. The Bertz CT molecular complexity index is 476. The average molecular weight is 229 g/mol. The highest BCUT2D eigenvalue weighted by atomic mass is 16.5. The van der Waals surface area contributed by atoms with Crippen molar-refractivity contribution in [3.05, 3.63) is 48.0 Å². The van der Waals surface area contributed by atoms with Gasteiger partial charge < -0.3 is 10.5 Å². The summed E-state index contributed by atoms with van der Waals surface area (Å²) in [6.45, 7) is 0.776. The molecule has 0 fully saturated rings. The van der Waals surface area contributed by atoms with Gasteiger partial charge in [0.1, 0.15) is 0 Å². The molecule has 2 N–H and O–H groups in total. The second-order valence-electron chi connectivity index (χ2n) is 4.31. The normalized spacial score (nSPS) is 12.8. The highest BCUT2D eigenvalue weighted by Gasteiger charge is 2.08. The number of rotatable bonds is 5. The summed E-state index contributed by atoms with van der Waals surface area (Å²) in [6, 6.07) is 14.8. The quantitative estimate of drug-likeness (QED) is 0.799. The Morgan fingerprint density at radius 2 is 1.88 bits per heavy atom. The lowest BCUT2D eigenvalue weighted by Gasteiger charge is -2.14. The molecule has 0 saturated heterocycles. The zero-order valence-corrected chi connectivity index (χ0v) is 10.2. The maximum absolute atomic E-state index is 6.25. The van der Waals surface area contributed by atoms with Crippen LogP contribution in [0, 0.1) is 0 Å². The highest BCUT2D eigenvalue weighted by Crippen LogP contribution is 2.25. The monoisotopic (exact) mass is 229 g/mol. The van der Waals surface area contributed by atoms with Gasteiger partial charge in [-0.3, -0.25) is 0 Å². The van der Waals surface area contributed by atoms with Gasteiger partial charge in [-0.25, -0.2) is 0 Å². The largest absolute Gasteiger partial charge is 0.385 e. The smallest absolute Gasteiger partial charge is 0.0462 e. The summed E-state index contributed by atoms with van der Waals surface area (Å²) in [5, 5.41) is 2.52. The molecular formula is C15H19NO. The minimum atomic E-state index is 0.0937. The third kappa shape index (κ3) is 2.84. The molecule has 0 radical (unpaired) electrons. The predicted octanol–water partition coefficient (Wildman–Crippen LogP) is 3.27. The minimum absolute atomic E-state index is 0.0937. The molecule has 0 bridgehead atoms. The van der Waals surface area contributed by atoms with Gasteiger partial charge in [-0.05, 0) is 29.2 Å². The third-order valence-corrected chi connectivity index (χ3v) is 3.09. The fraction of sp³-hybridized carbons (Fsp3) is 0.333. The summed E-state index contributed by atoms with van der Waals surface area (Å²) in [4.78, 5) is 0. The van der Waals surface area contributed by atoms with Gasteiger partial charge in [-0.15, -0.1) is 0 Å². The number of methoxy groups -OCH3 is 1. The van der Waals surface area contributed by atoms with Crippen LogP contribution in [0.5, 0.6) is 0 Å². The van der Waals surface area contributed by atoms with Crippen molar-refractivity contribution in [2.75, 3.05) is 13.7 Å². The van der Waals surface area contributed by atoms with Crippen LogP contribution in [0.4, 0.5) is 0 Å². The second kappa shape index (κ2) is 5.80. The van der Waals surface area contributed by atoms with E-state index in [2.05, 4.69) is 42.5 Å². The highest BCUT2D eigenvalue weighted by molar-refractivity contribution is 5.86. The van der Waals surface area contributed by atoms with Gasteiger partial charge in [0, 0.05) is 19.8 Å². The van der Waals surface area contributed by atoms with E-state index in [0.717, 1.165) is 19.4 Å². The molecule has 0 aliphatic carbocycles. The molecular weight excluding hydrogens is 210 g/mol. The number of ether oxygens (including phenoxy) is 1. The zero-order chi connectivity index (χ0) is 12.1. The van der Waals surface area contributed by atoms with Crippen molar-refractivity contribution in [3.63, 3.8) is 0 Å². The Kier molecular flexibility index (Phi) is 4.13. The van der Waals surface area contributed by atoms with Crippen LogP contribution in [0.25, 0.3) is 10.8 Å². The van der Waals surface area contributed by atoms with Gasteiger partial charge in [0.05, 0.1) is 0 Å². The Balaban J connectivity index is 2.22. The lowest BCUT2D eigenvalue weighted by Crippen LogP contribution is -2.11. The maximum atomic E-state index is 6.25. The minimum Gasteiger partial charge on any atom is -0.385 e. The zero-order valence-electron chi connectivity index (χ0n) is 10.2. The Morgan fingerprint density at radius 1 is 1.12 bits per heavy atom. The van der Waals surface area contributed by atoms with E-state index in [1.165, 1.54) is 16.3 Å². The first-order chi connectivity index (χ1) is 8.33. The predicted molar refractivity (Wildman–Crippen MR) is 72.0 cm³/mol. The third-order valence-electron chi connectivity index (χ3n) is 3.09. The SMILES string of the molecule is COCCCC(N)c1cccc2ccccc12. The molecule has 1 unspecified atom stereocenters. The van der Waals surface area contributed by atoms with Crippen LogP contribution in [-0.2, 0) is 4.74 Å². The topological polar surface area (TPSA) is 35.2 Å². The molecule has 17 heavy (non-hydrogen) atoms. The summed E-state index contributed by atoms with van der Waals surface area (Å²) >= 11 is 0. The van der Waals surface area contributed by atoms with Crippen LogP contribution >= 0.6 is 0 Å². The number of hydrogen-bond donors (Lipinski definition) is 1. The van der Waals surface area contributed by atoms with E-state index in [1.54, 1.807) is 7.11 Å². The van der Waals surface area contributed by atoms with Gasteiger partial charge in [0.15, 0.2) is 0 Å². The summed E-state index contributed by atoms with van der Waals surface area (Å²) in [6.07, 6.45) is 1.96. The van der Waals surface area contributed by atoms with Crippen LogP contribution in [0.1, 0.15) is 24.4 Å². The van der Waals surface area contributed by atoms with Crippen LogP contribution < -0.4 is 5.73 Å². The van der Waals surface area contributed by atoms with Crippen molar-refractivity contribution in [3.8, 4) is 0 Å². The van der Waals surface area contributed by atoms with Crippen molar-refractivity contribution in [1.29, 1.82) is 0 Å². The van der Waals surface area contributed by atoms with E-state index in [1.807, 2.05) is 0 Å². The van der Waals surface area contributed by atoms with E-state index in [-0.39, 0.29) is 6.04 Å². The standard InChI is InChI=1S/C15H19NO/c1-17-11-5-10-15(16)14-9-4-7-12-6-2-3-8-13(12)14/h2-4,6-9,15H,5,10-11,16H2,1H3. The van der Waals surface area contributed by atoms with Gasteiger partial charge in [-0.1, -0.05) is 42.5 Å². The molecule has 2 rings (SSSR count). The first-order valence-electron chi connectivity index (χ1n) is 6.05. The molecule has 0 heterocycles. The van der Waals surface area contributed by atoms with Crippen molar-refractivity contribution in [2.24, 2.45) is 5.73 Å². The summed E-state index contributed by atoms with van der Waals surface area (Å²) in [5.41, 5.74) is 7.48. The van der Waals surface area contributed by atoms with Gasteiger partial charge in [0.25, 0.3) is 0 Å². The lowest BCUT2D eigenvalue weighted by atomic mass is 9.96. The first kappa shape index (κ1) is 12.1. The molecule has 0 amide bonds. The fourth-order valence-electron chi connectivity index (χ4n) is 2.18. The van der Waals surface area contributed by atoms with Crippen molar-refractivity contribution < 1.29 is 4.74 Å². The fourth-order valence-corrected chi connectivity index (χ4v) is 2.18. The van der Waals surface area contributed by atoms with Gasteiger partial charge in [0.2, 0.25) is 0 Å². The molecule has 90 valence electrons. The number of hydrogen-bond acceptors (Lipinski definition) is 2. The van der Waals surface area contributed by atoms with E-state index in [9.17, 15) is 0 Å². The maximum Gasteiger partial charge on any atom is 0.0462 e. The Morgan fingerprint density at radius 3 is 2.71 bits per heavy atom. The van der Waals surface area contributed by atoms with Crippen LogP contribution in [-0.4, -0.2) is 13.7 Å². The van der Waals surface area contributed by atoms with Gasteiger partial charge in [-0.2, -0.15) is 0 Å². The van der Waals surface area contributed by atoms with E-state index in [4.69, 9.17) is 10.5 Å². The Hall–Kier alpha value is -1.38. The molecule has 0 spiro atoms. The van der Waals surface area contributed by atoms with Crippen molar-refractivity contribution >= 4 is 10.8 Å². The van der Waals surface area contributed by atoms with Crippen molar-refractivity contribution in [1.82, 2.24) is 0 Å². The molecule has 0 aliphatic rings. The number of fused-ring (bicyclic) bond motifs is 1. The lowest BCUT2D eigenvalue weighted by molar-refractivity contribution is 0.190. The van der Waals surface area contributed by atoms with Crippen LogP contribution in [0.2, 0.25) is 0 Å². The summed E-state index contributed by atoms with van der Waals surface area (Å²) in [7, 11) is 1.73. The Labute approximate surface area is 102 Å². The van der Waals surface area contributed by atoms with E-state index >= 15 is 0 Å². The summed E-state index contributed by atoms with van der Waals surface area (Å²) in [5.74, 6) is 0. The first-order valence-corrected chi connectivity index (χ1v) is 6.05. The number of benzene rings is 2. The molecule has 1 atom stereocenters. The molecule has 0 aliphatic heterocycles. The summed E-state index contributed by atoms with van der Waals surface area (Å²) < 4.78 is 5.06. The van der Waals surface area contributed by atoms with Crippen LogP contribution in [0.3, 0.4) is 0 Å². The van der Waals surface area contributed by atoms with Crippen LogP contribution in [0.15, 0.2) is 42.5 Å². The van der Waals surface area contributed by atoms with Gasteiger partial charge >= 0.3 is 0 Å². The molecule has 2 aromatic rings. The molecule has 2 nitrogen and oxygen atoms in total. The van der Waals surface area contributed by atoms with Crippen molar-refractivity contribution in [2.45, 2.75) is 18.9 Å². The molecule has 0 saturated carbocycles. The van der Waals surface area contributed by atoms with E-state index in [0.29, 0.717) is 0 Å². The molecule has 0 aromatic heterocycles. The number of nitrogens with two attached hydrogens (primary N) is 1.